The van der Waals surface area contributed by atoms with Crippen LogP contribution in [-0.4, -0.2) is 21.2 Å². The van der Waals surface area contributed by atoms with Crippen molar-refractivity contribution in [2.24, 2.45) is 4.99 Å². The summed E-state index contributed by atoms with van der Waals surface area (Å²) in [5.74, 6) is 2.58. The summed E-state index contributed by atoms with van der Waals surface area (Å²) in [6.45, 7) is 6.36. The molecule has 0 radical (unpaired) electrons. The van der Waals surface area contributed by atoms with Crippen LogP contribution in [-0.2, 0) is 10.5 Å². The van der Waals surface area contributed by atoms with Crippen molar-refractivity contribution >= 4 is 34.6 Å². The molecule has 33 heavy (non-hydrogen) atoms. The normalized spacial score (nSPS) is 17.3. The van der Waals surface area contributed by atoms with Crippen molar-refractivity contribution in [3.8, 4) is 0 Å². The summed E-state index contributed by atoms with van der Waals surface area (Å²) in [6.07, 6.45) is 4.08. The van der Waals surface area contributed by atoms with Gasteiger partial charge in [-0.2, -0.15) is 4.98 Å². The maximum atomic E-state index is 13.4. The summed E-state index contributed by atoms with van der Waals surface area (Å²) in [5, 5.41) is 4.71. The minimum atomic E-state index is -0.138. The van der Waals surface area contributed by atoms with E-state index in [2.05, 4.69) is 36.1 Å². The molecule has 5 rings (SSSR count). The Balaban J connectivity index is 1.41. The number of anilines is 1. The predicted octanol–water partition coefficient (Wildman–Crippen LogP) is 6.06. The highest BCUT2D eigenvalue weighted by Crippen LogP contribution is 2.39. The van der Waals surface area contributed by atoms with Crippen LogP contribution in [0.3, 0.4) is 0 Å². The van der Waals surface area contributed by atoms with E-state index in [0.29, 0.717) is 34.3 Å². The molecule has 0 saturated heterocycles. The van der Waals surface area contributed by atoms with Crippen LogP contribution in [0.2, 0.25) is 0 Å². The van der Waals surface area contributed by atoms with Crippen LogP contribution >= 0.6 is 11.8 Å². The van der Waals surface area contributed by atoms with E-state index in [1.165, 1.54) is 17.3 Å². The summed E-state index contributed by atoms with van der Waals surface area (Å²) in [6, 6.07) is 16.2. The molecule has 0 spiro atoms. The van der Waals surface area contributed by atoms with E-state index >= 15 is 0 Å². The Labute approximate surface area is 197 Å². The molecule has 1 amide bonds. The Morgan fingerprint density at radius 2 is 1.85 bits per heavy atom. The number of amides is 1. The first-order valence-electron chi connectivity index (χ1n) is 11.2. The Morgan fingerprint density at radius 3 is 2.52 bits per heavy atom. The molecule has 3 aromatic rings. The van der Waals surface area contributed by atoms with Crippen molar-refractivity contribution in [2.45, 2.75) is 51.2 Å². The molecule has 7 heteroatoms. The lowest BCUT2D eigenvalue weighted by molar-refractivity contribution is -0.113. The second kappa shape index (κ2) is 8.98. The number of carbonyl (C=O) groups excluding carboxylic acids is 1. The topological polar surface area (TPSA) is 71.6 Å². The van der Waals surface area contributed by atoms with Crippen LogP contribution in [0.4, 0.5) is 5.69 Å². The van der Waals surface area contributed by atoms with Crippen molar-refractivity contribution in [3.63, 3.8) is 0 Å². The van der Waals surface area contributed by atoms with E-state index in [1.54, 1.807) is 4.90 Å². The first kappa shape index (κ1) is 21.6. The van der Waals surface area contributed by atoms with Crippen molar-refractivity contribution in [1.29, 1.82) is 0 Å². The van der Waals surface area contributed by atoms with Crippen LogP contribution in [0.25, 0.3) is 6.08 Å². The molecule has 1 saturated carbocycles. The van der Waals surface area contributed by atoms with Gasteiger partial charge in [-0.05, 0) is 55.0 Å². The van der Waals surface area contributed by atoms with Gasteiger partial charge in [0, 0.05) is 5.92 Å². The van der Waals surface area contributed by atoms with E-state index in [-0.39, 0.29) is 5.91 Å². The monoisotopic (exact) mass is 458 g/mol. The lowest BCUT2D eigenvalue weighted by Gasteiger charge is -2.17. The van der Waals surface area contributed by atoms with E-state index in [9.17, 15) is 4.79 Å². The number of nitrogens with zero attached hydrogens (tertiary/aromatic N) is 4. The third kappa shape index (κ3) is 4.78. The summed E-state index contributed by atoms with van der Waals surface area (Å²) in [4.78, 5) is 24.2. The number of benzene rings is 2. The van der Waals surface area contributed by atoms with Gasteiger partial charge in [-0.1, -0.05) is 72.7 Å². The van der Waals surface area contributed by atoms with Crippen LogP contribution in [0, 0.1) is 6.92 Å². The molecule has 0 N–H and O–H groups in total. The van der Waals surface area contributed by atoms with Gasteiger partial charge in [-0.25, -0.2) is 4.99 Å². The van der Waals surface area contributed by atoms with Gasteiger partial charge in [-0.3, -0.25) is 9.69 Å². The second-order valence-electron chi connectivity index (χ2n) is 8.83. The zero-order valence-corrected chi connectivity index (χ0v) is 19.8. The second-order valence-corrected chi connectivity index (χ2v) is 9.78. The highest BCUT2D eigenvalue weighted by atomic mass is 32.2. The zero-order valence-electron chi connectivity index (χ0n) is 19.0. The summed E-state index contributed by atoms with van der Waals surface area (Å²) in [7, 11) is 0. The molecular formula is C26H26N4O2S. The van der Waals surface area contributed by atoms with E-state index in [0.717, 1.165) is 35.5 Å². The number of aromatic nitrogens is 2. The third-order valence-electron chi connectivity index (χ3n) is 5.77. The van der Waals surface area contributed by atoms with Gasteiger partial charge in [0.05, 0.1) is 11.4 Å². The van der Waals surface area contributed by atoms with E-state index in [4.69, 9.17) is 9.52 Å². The molecule has 2 aromatic carbocycles. The van der Waals surface area contributed by atoms with Gasteiger partial charge in [0.25, 0.3) is 5.91 Å². The Kier molecular flexibility index (Phi) is 5.89. The molecule has 1 aromatic heterocycles. The molecule has 1 aliphatic heterocycles. The molecule has 0 bridgehead atoms. The molecule has 0 unspecified atom stereocenters. The number of aliphatic imine (C=N–C) groups is 1. The molecular weight excluding hydrogens is 432 g/mol. The fourth-order valence-electron chi connectivity index (χ4n) is 3.60. The molecule has 1 aliphatic carbocycles. The van der Waals surface area contributed by atoms with Gasteiger partial charge in [-0.15, -0.1) is 0 Å². The minimum Gasteiger partial charge on any atom is -0.339 e. The molecule has 0 atom stereocenters. The number of amidine groups is 1. The van der Waals surface area contributed by atoms with Crippen LogP contribution in [0.5, 0.6) is 0 Å². The fraction of sp³-hybridized carbons (Fsp3) is 0.308. The van der Waals surface area contributed by atoms with Crippen molar-refractivity contribution in [1.82, 2.24) is 10.1 Å². The SMILES string of the molecule is Cc1ccc(N2C(=O)/C(=C/c3ccc(C(C)C)cc3)N=C2SCc2noc(C3CC3)n2)cc1. The largest absolute Gasteiger partial charge is 0.339 e. The first-order valence-corrected chi connectivity index (χ1v) is 12.2. The number of hydrogen-bond acceptors (Lipinski definition) is 6. The molecule has 168 valence electrons. The smallest absolute Gasteiger partial charge is 0.283 e. The van der Waals surface area contributed by atoms with Crippen molar-refractivity contribution in [3.05, 3.63) is 82.6 Å². The lowest BCUT2D eigenvalue weighted by Crippen LogP contribution is -2.30. The zero-order chi connectivity index (χ0) is 22.9. The Hall–Kier alpha value is -3.19. The van der Waals surface area contributed by atoms with Gasteiger partial charge in [0.2, 0.25) is 5.89 Å². The number of thioether (sulfide) groups is 1. The number of hydrogen-bond donors (Lipinski definition) is 0. The number of rotatable bonds is 6. The fourth-order valence-corrected chi connectivity index (χ4v) is 4.46. The van der Waals surface area contributed by atoms with E-state index in [1.807, 2.05) is 49.4 Å². The van der Waals surface area contributed by atoms with Crippen molar-refractivity contribution in [2.75, 3.05) is 4.90 Å². The van der Waals surface area contributed by atoms with Gasteiger partial charge in [0.1, 0.15) is 5.70 Å². The van der Waals surface area contributed by atoms with Gasteiger partial charge >= 0.3 is 0 Å². The minimum absolute atomic E-state index is 0.138. The average Bonchev–Trinajstić information content (AvgIpc) is 3.48. The van der Waals surface area contributed by atoms with E-state index < -0.39 is 0 Å². The molecule has 2 heterocycles. The quantitative estimate of drug-likeness (QED) is 0.420. The number of carbonyl (C=O) groups is 1. The first-order chi connectivity index (χ1) is 16.0. The maximum Gasteiger partial charge on any atom is 0.283 e. The third-order valence-corrected chi connectivity index (χ3v) is 6.70. The van der Waals surface area contributed by atoms with Gasteiger partial charge in [0.15, 0.2) is 11.0 Å². The standard InChI is InChI=1S/C26H26N4O2S/c1-16(2)19-8-6-18(7-9-19)14-22-25(31)30(21-12-4-17(3)5-13-21)26(27-22)33-15-23-28-24(32-29-23)20-10-11-20/h4-9,12-14,16,20H,10-11,15H2,1-3H3/b22-14-. The summed E-state index contributed by atoms with van der Waals surface area (Å²) in [5.41, 5.74) is 4.57. The highest BCUT2D eigenvalue weighted by Gasteiger charge is 2.33. The summed E-state index contributed by atoms with van der Waals surface area (Å²) >= 11 is 1.44. The molecule has 2 aliphatic rings. The predicted molar refractivity (Wildman–Crippen MR) is 132 cm³/mol. The Morgan fingerprint density at radius 1 is 1.12 bits per heavy atom. The lowest BCUT2D eigenvalue weighted by atomic mass is 10.0. The van der Waals surface area contributed by atoms with Gasteiger partial charge < -0.3 is 4.52 Å². The highest BCUT2D eigenvalue weighted by molar-refractivity contribution is 8.13. The average molecular weight is 459 g/mol. The van der Waals surface area contributed by atoms with Crippen LogP contribution in [0.15, 0.2) is 63.7 Å². The number of aryl methyl sites for hydroxylation is 1. The maximum absolute atomic E-state index is 13.4. The molecule has 1 fully saturated rings. The van der Waals surface area contributed by atoms with Crippen LogP contribution < -0.4 is 4.90 Å². The summed E-state index contributed by atoms with van der Waals surface area (Å²) < 4.78 is 5.37. The van der Waals surface area contributed by atoms with Crippen LogP contribution in [0.1, 0.15) is 66.9 Å². The Bertz CT molecular complexity index is 1220. The molecule has 6 nitrogen and oxygen atoms in total. The van der Waals surface area contributed by atoms with Crippen molar-refractivity contribution < 1.29 is 9.32 Å².